The Labute approximate surface area is 190 Å². The van der Waals surface area contributed by atoms with Gasteiger partial charge in [-0.1, -0.05) is 6.07 Å². The zero-order valence-electron chi connectivity index (χ0n) is 18.6. The second kappa shape index (κ2) is 8.27. The third-order valence-electron chi connectivity index (χ3n) is 5.90. The molecular formula is C23H24FN7O2. The first-order valence-electron chi connectivity index (χ1n) is 10.7. The standard InChI is InChI=1S/C23H24FN7O2/c1-14-6-16(10-25-8-14)20-4-5-27-31(20)23(32)30-12-17(13-30)33-21-7-19(26-11-18(21)24)22-15(2)9-28-29(22)3/h5-11,17,20H,4,12-13H2,1-3H3. The lowest BCUT2D eigenvalue weighted by atomic mass is 10.1. The zero-order chi connectivity index (χ0) is 23.1. The van der Waals surface area contributed by atoms with Gasteiger partial charge in [-0.05, 0) is 30.5 Å². The lowest BCUT2D eigenvalue weighted by Gasteiger charge is -2.41. The van der Waals surface area contributed by atoms with Crippen LogP contribution in [0.15, 0.2) is 42.0 Å². The van der Waals surface area contributed by atoms with Gasteiger partial charge in [-0.25, -0.2) is 14.2 Å². The summed E-state index contributed by atoms with van der Waals surface area (Å²) < 4.78 is 21.9. The molecule has 0 spiro atoms. The predicted molar refractivity (Wildman–Crippen MR) is 119 cm³/mol. The van der Waals surface area contributed by atoms with Crippen LogP contribution in [0.2, 0.25) is 0 Å². The number of aromatic nitrogens is 4. The zero-order valence-corrected chi connectivity index (χ0v) is 18.6. The molecule has 1 saturated heterocycles. The van der Waals surface area contributed by atoms with Gasteiger partial charge in [0.2, 0.25) is 0 Å². The Bertz CT molecular complexity index is 1220. The van der Waals surface area contributed by atoms with E-state index in [2.05, 4.69) is 20.2 Å². The summed E-state index contributed by atoms with van der Waals surface area (Å²) in [5.41, 5.74) is 4.30. The fourth-order valence-electron chi connectivity index (χ4n) is 4.18. The molecule has 0 radical (unpaired) electrons. The van der Waals surface area contributed by atoms with Crippen LogP contribution in [0.3, 0.4) is 0 Å². The molecule has 33 heavy (non-hydrogen) atoms. The molecule has 9 nitrogen and oxygen atoms in total. The minimum absolute atomic E-state index is 0.112. The van der Waals surface area contributed by atoms with Gasteiger partial charge >= 0.3 is 6.03 Å². The summed E-state index contributed by atoms with van der Waals surface area (Å²) in [5.74, 6) is -0.430. The third kappa shape index (κ3) is 3.92. The molecule has 3 aromatic heterocycles. The van der Waals surface area contributed by atoms with Crippen LogP contribution in [0.25, 0.3) is 11.4 Å². The van der Waals surface area contributed by atoms with Crippen molar-refractivity contribution in [2.45, 2.75) is 32.4 Å². The minimum atomic E-state index is -0.542. The number of pyridine rings is 2. The smallest absolute Gasteiger partial charge is 0.341 e. The number of nitrogens with zero attached hydrogens (tertiary/aromatic N) is 7. The van der Waals surface area contributed by atoms with E-state index in [0.29, 0.717) is 25.2 Å². The maximum absolute atomic E-state index is 14.4. The Morgan fingerprint density at radius 3 is 2.70 bits per heavy atom. The quantitative estimate of drug-likeness (QED) is 0.610. The van der Waals surface area contributed by atoms with E-state index in [4.69, 9.17) is 4.74 Å². The highest BCUT2D eigenvalue weighted by atomic mass is 19.1. The van der Waals surface area contributed by atoms with Crippen LogP contribution in [0.1, 0.15) is 29.2 Å². The van der Waals surface area contributed by atoms with E-state index < -0.39 is 5.82 Å². The van der Waals surface area contributed by atoms with Crippen LogP contribution in [-0.4, -0.2) is 61.1 Å². The first-order chi connectivity index (χ1) is 15.9. The lowest BCUT2D eigenvalue weighted by molar-refractivity contribution is 0.0256. The van der Waals surface area contributed by atoms with Crippen molar-refractivity contribution in [1.29, 1.82) is 0 Å². The van der Waals surface area contributed by atoms with Crippen molar-refractivity contribution in [3.63, 3.8) is 0 Å². The van der Waals surface area contributed by atoms with Gasteiger partial charge in [-0.2, -0.15) is 10.2 Å². The average Bonchev–Trinajstić information content (AvgIpc) is 3.38. The Morgan fingerprint density at radius 1 is 1.15 bits per heavy atom. The highest BCUT2D eigenvalue weighted by Gasteiger charge is 2.39. The van der Waals surface area contributed by atoms with Gasteiger partial charge in [-0.3, -0.25) is 14.6 Å². The second-order valence-electron chi connectivity index (χ2n) is 8.42. The fraction of sp³-hybridized carbons (Fsp3) is 0.348. The van der Waals surface area contributed by atoms with E-state index >= 15 is 0 Å². The molecule has 2 amide bonds. The molecule has 0 aliphatic carbocycles. The number of hydrogen-bond donors (Lipinski definition) is 0. The van der Waals surface area contributed by atoms with Gasteiger partial charge in [0.05, 0.1) is 42.9 Å². The molecule has 3 aromatic rings. The maximum atomic E-state index is 14.4. The number of rotatable bonds is 4. The van der Waals surface area contributed by atoms with Crippen LogP contribution in [0.5, 0.6) is 5.75 Å². The number of aryl methyl sites for hydroxylation is 3. The van der Waals surface area contributed by atoms with Crippen LogP contribution in [-0.2, 0) is 7.05 Å². The highest BCUT2D eigenvalue weighted by Crippen LogP contribution is 2.32. The molecule has 0 N–H and O–H groups in total. The van der Waals surface area contributed by atoms with Crippen molar-refractivity contribution in [1.82, 2.24) is 29.7 Å². The number of amides is 2. The summed E-state index contributed by atoms with van der Waals surface area (Å²) in [6.45, 7) is 4.59. The average molecular weight is 449 g/mol. The fourth-order valence-corrected chi connectivity index (χ4v) is 4.18. The number of ether oxygens (including phenoxy) is 1. The van der Waals surface area contributed by atoms with E-state index in [1.807, 2.05) is 27.0 Å². The normalized spacial score (nSPS) is 18.0. The van der Waals surface area contributed by atoms with Crippen LogP contribution in [0, 0.1) is 19.7 Å². The topological polar surface area (TPSA) is 88.7 Å². The number of carbonyl (C=O) groups is 1. The summed E-state index contributed by atoms with van der Waals surface area (Å²) >= 11 is 0. The molecular weight excluding hydrogens is 425 g/mol. The summed E-state index contributed by atoms with van der Waals surface area (Å²) in [4.78, 5) is 23.1. The first kappa shape index (κ1) is 21.0. The molecule has 0 bridgehead atoms. The number of carbonyl (C=O) groups excluding carboxylic acids is 1. The molecule has 10 heteroatoms. The van der Waals surface area contributed by atoms with Crippen molar-refractivity contribution in [2.75, 3.05) is 13.1 Å². The third-order valence-corrected chi connectivity index (χ3v) is 5.90. The molecule has 170 valence electrons. The Balaban J connectivity index is 1.24. The molecule has 5 heterocycles. The SMILES string of the molecule is Cc1cncc(C2CC=NN2C(=O)N2CC(Oc3cc(-c4c(C)cnn4C)ncc3F)C2)c1. The maximum Gasteiger partial charge on any atom is 0.341 e. The second-order valence-corrected chi connectivity index (χ2v) is 8.42. The van der Waals surface area contributed by atoms with E-state index in [1.165, 1.54) is 5.01 Å². The van der Waals surface area contributed by atoms with Gasteiger partial charge in [0.15, 0.2) is 11.6 Å². The Morgan fingerprint density at radius 2 is 1.97 bits per heavy atom. The van der Waals surface area contributed by atoms with Gasteiger partial charge in [-0.15, -0.1) is 0 Å². The number of hydrazone groups is 1. The first-order valence-corrected chi connectivity index (χ1v) is 10.7. The van der Waals surface area contributed by atoms with Crippen molar-refractivity contribution in [3.05, 3.63) is 59.4 Å². The number of halogens is 1. The van der Waals surface area contributed by atoms with Crippen molar-refractivity contribution in [3.8, 4) is 17.1 Å². The van der Waals surface area contributed by atoms with Gasteiger partial charge in [0.1, 0.15) is 6.10 Å². The lowest BCUT2D eigenvalue weighted by Crippen LogP contribution is -2.58. The highest BCUT2D eigenvalue weighted by molar-refractivity contribution is 5.79. The van der Waals surface area contributed by atoms with Crippen LogP contribution < -0.4 is 4.74 Å². The summed E-state index contributed by atoms with van der Waals surface area (Å²) in [7, 11) is 1.81. The molecule has 1 unspecified atom stereocenters. The Hall–Kier alpha value is -3.82. The van der Waals surface area contributed by atoms with Crippen molar-refractivity contribution >= 4 is 12.2 Å². The monoisotopic (exact) mass is 449 g/mol. The van der Waals surface area contributed by atoms with E-state index in [9.17, 15) is 9.18 Å². The molecule has 2 aliphatic heterocycles. The molecule has 5 rings (SSSR count). The number of hydrogen-bond acceptors (Lipinski definition) is 6. The van der Waals surface area contributed by atoms with Gasteiger partial charge < -0.3 is 9.64 Å². The van der Waals surface area contributed by atoms with Gasteiger partial charge in [0.25, 0.3) is 0 Å². The van der Waals surface area contributed by atoms with Crippen molar-refractivity contribution in [2.24, 2.45) is 12.1 Å². The number of likely N-dealkylation sites (tertiary alicyclic amines) is 1. The van der Waals surface area contributed by atoms with Crippen LogP contribution >= 0.6 is 0 Å². The number of urea groups is 1. The van der Waals surface area contributed by atoms with Crippen LogP contribution in [0.4, 0.5) is 9.18 Å². The molecule has 1 atom stereocenters. The van der Waals surface area contributed by atoms with E-state index in [-0.39, 0.29) is 23.9 Å². The summed E-state index contributed by atoms with van der Waals surface area (Å²) in [5, 5.41) is 9.98. The molecule has 0 aromatic carbocycles. The van der Waals surface area contributed by atoms with E-state index in [1.54, 1.807) is 40.5 Å². The minimum Gasteiger partial charge on any atom is -0.483 e. The largest absolute Gasteiger partial charge is 0.483 e. The molecule has 0 saturated carbocycles. The van der Waals surface area contributed by atoms with E-state index in [0.717, 1.165) is 28.6 Å². The predicted octanol–water partition coefficient (Wildman–Crippen LogP) is 3.25. The summed E-state index contributed by atoms with van der Waals surface area (Å²) in [6.07, 6.45) is 8.51. The summed E-state index contributed by atoms with van der Waals surface area (Å²) in [6, 6.07) is 3.22. The van der Waals surface area contributed by atoms with Crippen molar-refractivity contribution < 1.29 is 13.9 Å². The molecule has 1 fully saturated rings. The Kier molecular flexibility index (Phi) is 5.27. The molecule has 2 aliphatic rings. The van der Waals surface area contributed by atoms with Gasteiger partial charge in [0, 0.05) is 38.1 Å².